The van der Waals surface area contributed by atoms with Gasteiger partial charge in [-0.3, -0.25) is 14.5 Å². The molecule has 1 aromatic carbocycles. The van der Waals surface area contributed by atoms with Crippen LogP contribution in [0.2, 0.25) is 0 Å². The fourth-order valence-corrected chi connectivity index (χ4v) is 8.08. The standard InChI is InChI=1S/C28H39N3O5/c1-7-26-11-8-13-31-14-12-27(23(26)31)20-10-9-19(35-6)15-21(20)30(5)24(27)28(34,25(26)36-18(4)32)16-29-22(33)17(2)3/h8-11,15,17,23-25,34H,7,12-14,16H2,1-6H3,(H,29,33)/t23?,24-,25-,26-,27-,28+/m1/s1. The Labute approximate surface area is 213 Å². The number of carbonyl (C=O) groups is 2. The average Bonchev–Trinajstić information content (AvgIpc) is 3.36. The number of likely N-dealkylation sites (N-methyl/N-ethyl adjacent to an activating group) is 1. The summed E-state index contributed by atoms with van der Waals surface area (Å²) in [6.45, 7) is 8.87. The third-order valence-corrected chi connectivity index (χ3v) is 9.29. The van der Waals surface area contributed by atoms with E-state index in [9.17, 15) is 14.7 Å². The molecule has 8 nitrogen and oxygen atoms in total. The summed E-state index contributed by atoms with van der Waals surface area (Å²) in [5.74, 6) is -0.0504. The quantitative estimate of drug-likeness (QED) is 0.460. The molecule has 1 saturated heterocycles. The summed E-state index contributed by atoms with van der Waals surface area (Å²) < 4.78 is 11.7. The van der Waals surface area contributed by atoms with E-state index in [2.05, 4.69) is 40.3 Å². The SMILES string of the molecule is CC[C@]12C=CCN3CC[C@@]4(c5ccc(OC)cc5N(C)[C@H]4[C@@](O)(CNC(=O)C(C)C)[C@@H]1OC(C)=O)C32. The second-order valence-electron chi connectivity index (χ2n) is 11.3. The van der Waals surface area contributed by atoms with Crippen LogP contribution in [0.1, 0.15) is 46.1 Å². The smallest absolute Gasteiger partial charge is 0.303 e. The zero-order chi connectivity index (χ0) is 26.0. The lowest BCUT2D eigenvalue weighted by Crippen LogP contribution is -2.81. The third-order valence-electron chi connectivity index (χ3n) is 9.29. The molecule has 36 heavy (non-hydrogen) atoms. The third kappa shape index (κ3) is 3.13. The second-order valence-corrected chi connectivity index (χ2v) is 11.3. The van der Waals surface area contributed by atoms with Gasteiger partial charge < -0.3 is 24.8 Å². The number of methoxy groups -OCH3 is 1. The number of amides is 1. The maximum atomic E-state index is 12.9. The first kappa shape index (κ1) is 25.1. The lowest BCUT2D eigenvalue weighted by Gasteiger charge is -2.64. The van der Waals surface area contributed by atoms with Crippen molar-refractivity contribution in [1.82, 2.24) is 10.2 Å². The van der Waals surface area contributed by atoms with Crippen molar-refractivity contribution >= 4 is 17.6 Å². The molecular formula is C28H39N3O5. The van der Waals surface area contributed by atoms with Crippen LogP contribution in [-0.4, -0.2) is 79.5 Å². The van der Waals surface area contributed by atoms with Gasteiger partial charge in [0.1, 0.15) is 17.5 Å². The first-order chi connectivity index (χ1) is 17.1. The largest absolute Gasteiger partial charge is 0.497 e. The molecule has 0 bridgehead atoms. The van der Waals surface area contributed by atoms with Gasteiger partial charge in [-0.05, 0) is 31.0 Å². The maximum Gasteiger partial charge on any atom is 0.303 e. The zero-order valence-electron chi connectivity index (χ0n) is 22.2. The number of hydrogen-bond donors (Lipinski definition) is 2. The number of anilines is 1. The number of esters is 1. The van der Waals surface area contributed by atoms with E-state index in [1.54, 1.807) is 7.11 Å². The van der Waals surface area contributed by atoms with Crippen LogP contribution in [0.4, 0.5) is 5.69 Å². The van der Waals surface area contributed by atoms with Gasteiger partial charge >= 0.3 is 5.97 Å². The van der Waals surface area contributed by atoms with Crippen molar-refractivity contribution in [2.24, 2.45) is 11.3 Å². The minimum absolute atomic E-state index is 0.00779. The molecular weight excluding hydrogens is 458 g/mol. The van der Waals surface area contributed by atoms with Gasteiger partial charge in [-0.2, -0.15) is 0 Å². The molecule has 8 heteroatoms. The topological polar surface area (TPSA) is 91.3 Å². The summed E-state index contributed by atoms with van der Waals surface area (Å²) in [6.07, 6.45) is 5.05. The highest BCUT2D eigenvalue weighted by Gasteiger charge is 2.77. The monoisotopic (exact) mass is 497 g/mol. The van der Waals surface area contributed by atoms with E-state index in [1.807, 2.05) is 33.0 Å². The van der Waals surface area contributed by atoms with E-state index < -0.39 is 34.5 Å². The Balaban J connectivity index is 1.77. The van der Waals surface area contributed by atoms with Crippen molar-refractivity contribution in [3.63, 3.8) is 0 Å². The van der Waals surface area contributed by atoms with Gasteiger partial charge in [0.15, 0.2) is 0 Å². The summed E-state index contributed by atoms with van der Waals surface area (Å²) in [5.41, 5.74) is -0.368. The first-order valence-corrected chi connectivity index (χ1v) is 13.1. The Bertz CT molecular complexity index is 1100. The van der Waals surface area contributed by atoms with Crippen molar-refractivity contribution in [2.45, 2.75) is 69.7 Å². The Kier molecular flexibility index (Phi) is 5.91. The molecule has 3 heterocycles. The van der Waals surface area contributed by atoms with Crippen molar-refractivity contribution in [3.8, 4) is 5.75 Å². The van der Waals surface area contributed by atoms with Crippen LogP contribution in [-0.2, 0) is 19.7 Å². The van der Waals surface area contributed by atoms with Gasteiger partial charge in [0.05, 0.1) is 19.7 Å². The number of benzene rings is 1. The Morgan fingerprint density at radius 1 is 1.28 bits per heavy atom. The first-order valence-electron chi connectivity index (χ1n) is 13.1. The van der Waals surface area contributed by atoms with Crippen molar-refractivity contribution in [3.05, 3.63) is 35.9 Å². The van der Waals surface area contributed by atoms with Crippen LogP contribution in [0.15, 0.2) is 30.4 Å². The maximum absolute atomic E-state index is 12.9. The van der Waals surface area contributed by atoms with Gasteiger partial charge in [-0.15, -0.1) is 0 Å². The molecule has 1 amide bonds. The zero-order valence-corrected chi connectivity index (χ0v) is 22.2. The van der Waals surface area contributed by atoms with E-state index in [1.165, 1.54) is 12.5 Å². The average molecular weight is 498 g/mol. The Hall–Kier alpha value is -2.58. The normalized spacial score (nSPS) is 36.3. The summed E-state index contributed by atoms with van der Waals surface area (Å²) >= 11 is 0. The number of hydrogen-bond acceptors (Lipinski definition) is 7. The molecule has 3 aliphatic heterocycles. The van der Waals surface area contributed by atoms with Crippen LogP contribution in [0.5, 0.6) is 5.75 Å². The predicted octanol–water partition coefficient (Wildman–Crippen LogP) is 2.24. The van der Waals surface area contributed by atoms with Crippen LogP contribution in [0.3, 0.4) is 0 Å². The lowest BCUT2D eigenvalue weighted by molar-refractivity contribution is -0.217. The Morgan fingerprint density at radius 2 is 2.03 bits per heavy atom. The van der Waals surface area contributed by atoms with Gasteiger partial charge in [0.25, 0.3) is 0 Å². The fourth-order valence-electron chi connectivity index (χ4n) is 8.08. The second kappa shape index (κ2) is 8.48. The number of fused-ring (bicyclic) bond motifs is 1. The molecule has 196 valence electrons. The number of rotatable bonds is 6. The molecule has 4 aliphatic rings. The van der Waals surface area contributed by atoms with E-state index >= 15 is 0 Å². The van der Waals surface area contributed by atoms with E-state index in [0.717, 1.165) is 30.9 Å². The van der Waals surface area contributed by atoms with Crippen LogP contribution >= 0.6 is 0 Å². The summed E-state index contributed by atoms with van der Waals surface area (Å²) in [5, 5.41) is 15.9. The summed E-state index contributed by atoms with van der Waals surface area (Å²) in [6, 6.07) is 5.80. The van der Waals surface area contributed by atoms with Crippen LogP contribution < -0.4 is 15.0 Å². The van der Waals surface area contributed by atoms with Gasteiger partial charge in [-0.1, -0.05) is 39.0 Å². The highest BCUT2D eigenvalue weighted by molar-refractivity contribution is 5.78. The van der Waals surface area contributed by atoms with Crippen LogP contribution in [0.25, 0.3) is 0 Å². The molecule has 1 aliphatic carbocycles. The van der Waals surface area contributed by atoms with E-state index in [-0.39, 0.29) is 24.4 Å². The molecule has 6 atom stereocenters. The van der Waals surface area contributed by atoms with Gasteiger partial charge in [0, 0.05) is 55.1 Å². The van der Waals surface area contributed by atoms with Gasteiger partial charge in [-0.25, -0.2) is 0 Å². The van der Waals surface area contributed by atoms with Crippen LogP contribution in [0, 0.1) is 11.3 Å². The minimum atomic E-state index is -1.54. The number of aliphatic hydroxyl groups is 1. The number of nitrogens with zero attached hydrogens (tertiary/aromatic N) is 2. The van der Waals surface area contributed by atoms with E-state index in [0.29, 0.717) is 6.42 Å². The number of nitrogens with one attached hydrogen (secondary N) is 1. The van der Waals surface area contributed by atoms with E-state index in [4.69, 9.17) is 9.47 Å². The Morgan fingerprint density at radius 3 is 2.67 bits per heavy atom. The fraction of sp³-hybridized carbons (Fsp3) is 0.643. The molecule has 1 aromatic rings. The highest BCUT2D eigenvalue weighted by atomic mass is 16.6. The summed E-state index contributed by atoms with van der Waals surface area (Å²) in [4.78, 5) is 29.9. The van der Waals surface area contributed by atoms with Crippen molar-refractivity contribution in [1.29, 1.82) is 0 Å². The summed E-state index contributed by atoms with van der Waals surface area (Å²) in [7, 11) is 3.65. The molecule has 1 spiro atoms. The lowest BCUT2D eigenvalue weighted by atomic mass is 9.47. The minimum Gasteiger partial charge on any atom is -0.497 e. The molecule has 1 saturated carbocycles. The molecule has 5 rings (SSSR count). The molecule has 0 aromatic heterocycles. The predicted molar refractivity (Wildman–Crippen MR) is 137 cm³/mol. The molecule has 2 N–H and O–H groups in total. The van der Waals surface area contributed by atoms with Gasteiger partial charge in [0.2, 0.25) is 5.91 Å². The number of ether oxygens (including phenoxy) is 2. The van der Waals surface area contributed by atoms with Crippen molar-refractivity contribution in [2.75, 3.05) is 38.7 Å². The van der Waals surface area contributed by atoms with Crippen molar-refractivity contribution < 1.29 is 24.2 Å². The molecule has 1 unspecified atom stereocenters. The molecule has 2 fully saturated rings. The highest BCUT2D eigenvalue weighted by Crippen LogP contribution is 2.67. The molecule has 0 radical (unpaired) electrons. The number of carbonyl (C=O) groups excluding carboxylic acids is 2.